The summed E-state index contributed by atoms with van der Waals surface area (Å²) in [6.07, 6.45) is 0. The molecule has 3 N–H and O–H groups in total. The first-order valence-electron chi connectivity index (χ1n) is 5.96. The van der Waals surface area contributed by atoms with Crippen LogP contribution in [0.1, 0.15) is 5.56 Å². The molecule has 0 aliphatic rings. The molecular formula is C14H13N3O4. The Labute approximate surface area is 120 Å². The van der Waals surface area contributed by atoms with Gasteiger partial charge in [0.2, 0.25) is 5.75 Å². The van der Waals surface area contributed by atoms with E-state index < -0.39 is 4.92 Å². The average molecular weight is 287 g/mol. The third-order valence-corrected chi connectivity index (χ3v) is 2.76. The maximum absolute atomic E-state index is 11.0. The predicted octanol–water partition coefficient (Wildman–Crippen LogP) is 2.68. The summed E-state index contributed by atoms with van der Waals surface area (Å²) in [5.41, 5.74) is 5.74. The van der Waals surface area contributed by atoms with Crippen LogP contribution in [0.25, 0.3) is 0 Å². The third kappa shape index (κ3) is 3.27. The number of benzene rings is 2. The Hall–Kier alpha value is -3.09. The van der Waals surface area contributed by atoms with Crippen molar-refractivity contribution in [2.45, 2.75) is 0 Å². The number of nitrogen functional groups attached to an aromatic ring is 1. The van der Waals surface area contributed by atoms with Crippen molar-refractivity contribution in [3.63, 3.8) is 0 Å². The van der Waals surface area contributed by atoms with E-state index in [1.807, 2.05) is 0 Å². The average Bonchev–Trinajstić information content (AvgIpc) is 2.47. The van der Waals surface area contributed by atoms with Gasteiger partial charge in [-0.05, 0) is 30.3 Å². The number of nitrogens with two attached hydrogens (primary N) is 1. The van der Waals surface area contributed by atoms with Crippen LogP contribution in [0.3, 0.4) is 0 Å². The molecule has 2 rings (SSSR count). The molecule has 2 aromatic carbocycles. The molecule has 0 aliphatic carbocycles. The van der Waals surface area contributed by atoms with Gasteiger partial charge in [-0.25, -0.2) is 0 Å². The molecule has 21 heavy (non-hydrogen) atoms. The Balaban J connectivity index is 2.33. The van der Waals surface area contributed by atoms with Gasteiger partial charge in [0.25, 0.3) is 0 Å². The van der Waals surface area contributed by atoms with E-state index in [1.54, 1.807) is 24.3 Å². The summed E-state index contributed by atoms with van der Waals surface area (Å²) < 4.78 is 10.5. The molecule has 0 radical (unpaired) electrons. The molecule has 2 aromatic rings. The number of rotatable bonds is 5. The molecule has 0 bridgehead atoms. The van der Waals surface area contributed by atoms with Crippen molar-refractivity contribution in [1.82, 2.24) is 0 Å². The topological polar surface area (TPSA) is 111 Å². The minimum atomic E-state index is -0.529. The van der Waals surface area contributed by atoms with Crippen LogP contribution in [0.15, 0.2) is 42.5 Å². The maximum Gasteiger partial charge on any atom is 0.311 e. The number of nitro groups is 1. The molecule has 0 unspecified atom stereocenters. The first kappa shape index (κ1) is 14.3. The van der Waals surface area contributed by atoms with Crippen molar-refractivity contribution in [2.24, 2.45) is 5.73 Å². The summed E-state index contributed by atoms with van der Waals surface area (Å²) in [5, 5.41) is 18.3. The molecule has 0 fully saturated rings. The zero-order chi connectivity index (χ0) is 15.4. The van der Waals surface area contributed by atoms with Crippen LogP contribution in [0.4, 0.5) is 5.69 Å². The summed E-state index contributed by atoms with van der Waals surface area (Å²) in [4.78, 5) is 10.5. The van der Waals surface area contributed by atoms with Gasteiger partial charge >= 0.3 is 5.69 Å². The lowest BCUT2D eigenvalue weighted by Gasteiger charge is -2.08. The molecule has 0 saturated heterocycles. The molecule has 0 aromatic heterocycles. The van der Waals surface area contributed by atoms with Crippen LogP contribution in [-0.2, 0) is 0 Å². The predicted molar refractivity (Wildman–Crippen MR) is 77.2 cm³/mol. The Morgan fingerprint density at radius 1 is 1.19 bits per heavy atom. The van der Waals surface area contributed by atoms with Crippen molar-refractivity contribution in [2.75, 3.05) is 7.11 Å². The lowest BCUT2D eigenvalue weighted by Crippen LogP contribution is -2.10. The summed E-state index contributed by atoms with van der Waals surface area (Å²) in [7, 11) is 1.46. The Morgan fingerprint density at radius 2 is 1.81 bits per heavy atom. The van der Waals surface area contributed by atoms with Crippen LogP contribution < -0.4 is 15.2 Å². The molecule has 0 amide bonds. The molecule has 0 spiro atoms. The fourth-order valence-electron chi connectivity index (χ4n) is 1.68. The van der Waals surface area contributed by atoms with Gasteiger partial charge in [0, 0.05) is 17.7 Å². The molecule has 0 saturated carbocycles. The van der Waals surface area contributed by atoms with E-state index in [2.05, 4.69) is 0 Å². The van der Waals surface area contributed by atoms with Crippen LogP contribution in [-0.4, -0.2) is 17.9 Å². The Morgan fingerprint density at radius 3 is 2.33 bits per heavy atom. The fraction of sp³-hybridized carbons (Fsp3) is 0.0714. The highest BCUT2D eigenvalue weighted by atomic mass is 16.6. The summed E-state index contributed by atoms with van der Waals surface area (Å²) in [6.45, 7) is 0. The number of hydrogen-bond acceptors (Lipinski definition) is 5. The molecule has 0 atom stereocenters. The van der Waals surface area contributed by atoms with E-state index in [9.17, 15) is 10.1 Å². The van der Waals surface area contributed by atoms with Crippen LogP contribution in [0.5, 0.6) is 17.2 Å². The second kappa shape index (κ2) is 5.91. The van der Waals surface area contributed by atoms with E-state index >= 15 is 0 Å². The highest BCUT2D eigenvalue weighted by Crippen LogP contribution is 2.34. The summed E-state index contributed by atoms with van der Waals surface area (Å²) >= 11 is 0. The third-order valence-electron chi connectivity index (χ3n) is 2.76. The van der Waals surface area contributed by atoms with Crippen molar-refractivity contribution in [3.8, 4) is 17.2 Å². The number of amidine groups is 1. The van der Waals surface area contributed by atoms with Crippen LogP contribution in [0, 0.1) is 15.5 Å². The van der Waals surface area contributed by atoms with Crippen molar-refractivity contribution in [3.05, 3.63) is 58.1 Å². The van der Waals surface area contributed by atoms with Gasteiger partial charge in [0.15, 0.2) is 0 Å². The zero-order valence-corrected chi connectivity index (χ0v) is 11.2. The van der Waals surface area contributed by atoms with Gasteiger partial charge in [-0.3, -0.25) is 15.5 Å². The molecule has 108 valence electrons. The fourth-order valence-corrected chi connectivity index (χ4v) is 1.68. The first-order valence-corrected chi connectivity index (χ1v) is 5.96. The van der Waals surface area contributed by atoms with E-state index in [0.717, 1.165) is 0 Å². The van der Waals surface area contributed by atoms with Crippen LogP contribution >= 0.6 is 0 Å². The number of ether oxygens (including phenoxy) is 2. The quantitative estimate of drug-likeness (QED) is 0.380. The molecular weight excluding hydrogens is 274 g/mol. The van der Waals surface area contributed by atoms with E-state index in [1.165, 1.54) is 25.3 Å². The lowest BCUT2D eigenvalue weighted by molar-refractivity contribution is -0.385. The second-order valence-electron chi connectivity index (χ2n) is 4.13. The number of hydrogen-bond donors (Lipinski definition) is 2. The molecule has 0 heterocycles. The largest absolute Gasteiger partial charge is 0.497 e. The van der Waals surface area contributed by atoms with E-state index in [0.29, 0.717) is 17.1 Å². The van der Waals surface area contributed by atoms with Gasteiger partial charge in [-0.15, -0.1) is 0 Å². The van der Waals surface area contributed by atoms with E-state index in [4.69, 9.17) is 20.6 Å². The maximum atomic E-state index is 11.0. The van der Waals surface area contributed by atoms with Gasteiger partial charge in [0.05, 0.1) is 12.0 Å². The number of nitrogens with zero attached hydrogens (tertiary/aromatic N) is 1. The van der Waals surface area contributed by atoms with Crippen molar-refractivity contribution in [1.29, 1.82) is 5.41 Å². The van der Waals surface area contributed by atoms with Crippen LogP contribution in [0.2, 0.25) is 0 Å². The monoisotopic (exact) mass is 287 g/mol. The lowest BCUT2D eigenvalue weighted by atomic mass is 10.2. The highest BCUT2D eigenvalue weighted by Gasteiger charge is 2.17. The Bertz CT molecular complexity index is 683. The number of methoxy groups -OCH3 is 1. The number of nitrogens with one attached hydrogen (secondary N) is 1. The molecule has 0 aliphatic heterocycles. The minimum Gasteiger partial charge on any atom is -0.497 e. The van der Waals surface area contributed by atoms with E-state index in [-0.39, 0.29) is 17.3 Å². The van der Waals surface area contributed by atoms with Crippen molar-refractivity contribution < 1.29 is 14.4 Å². The standard InChI is InChI=1S/C14H13N3O4/c1-20-11-6-7-12(17(18)19)13(8-11)21-10-4-2-9(3-5-10)14(15)16/h2-8H,1H3,(H3,15,16). The minimum absolute atomic E-state index is 0.0612. The van der Waals surface area contributed by atoms with Gasteiger partial charge in [-0.2, -0.15) is 0 Å². The highest BCUT2D eigenvalue weighted by molar-refractivity contribution is 5.94. The molecule has 7 nitrogen and oxygen atoms in total. The normalized spacial score (nSPS) is 9.95. The second-order valence-corrected chi connectivity index (χ2v) is 4.13. The zero-order valence-electron chi connectivity index (χ0n) is 11.2. The summed E-state index contributed by atoms with van der Waals surface area (Å²) in [6, 6.07) is 10.6. The molecule has 7 heteroatoms. The Kier molecular flexibility index (Phi) is 4.03. The first-order chi connectivity index (χ1) is 10.0. The SMILES string of the molecule is COc1ccc([N+](=O)[O-])c(Oc2ccc(C(=N)N)cc2)c1. The van der Waals surface area contributed by atoms with Gasteiger partial charge in [-0.1, -0.05) is 0 Å². The van der Waals surface area contributed by atoms with Gasteiger partial charge in [0.1, 0.15) is 17.3 Å². The van der Waals surface area contributed by atoms with Gasteiger partial charge < -0.3 is 15.2 Å². The smallest absolute Gasteiger partial charge is 0.311 e. The summed E-state index contributed by atoms with van der Waals surface area (Å²) in [5.74, 6) is 0.871. The van der Waals surface area contributed by atoms with Crippen molar-refractivity contribution >= 4 is 11.5 Å². The number of nitro benzene ring substituents is 1.